The molecule has 0 bridgehead atoms. The molecule has 32 heavy (non-hydrogen) atoms. The number of hydrogen-bond donors (Lipinski definition) is 1. The summed E-state index contributed by atoms with van der Waals surface area (Å²) in [5.41, 5.74) is -2.96. The number of rotatable bonds is 2. The predicted molar refractivity (Wildman–Crippen MR) is 108 cm³/mol. The first-order valence-electron chi connectivity index (χ1n) is 9.43. The van der Waals surface area contributed by atoms with Crippen molar-refractivity contribution >= 4 is 35.1 Å². The van der Waals surface area contributed by atoms with Gasteiger partial charge in [0.25, 0.3) is 11.5 Å². The van der Waals surface area contributed by atoms with Crippen LogP contribution in [0.2, 0.25) is 0 Å². The maximum atomic E-state index is 13.7. The highest BCUT2D eigenvalue weighted by Crippen LogP contribution is 2.51. The van der Waals surface area contributed by atoms with E-state index in [-0.39, 0.29) is 17.1 Å². The summed E-state index contributed by atoms with van der Waals surface area (Å²) in [6.45, 7) is 0. The second-order valence-electron chi connectivity index (χ2n) is 7.29. The van der Waals surface area contributed by atoms with Gasteiger partial charge >= 0.3 is 12.1 Å². The number of pyridine rings is 1. The lowest BCUT2D eigenvalue weighted by Gasteiger charge is -2.25. The van der Waals surface area contributed by atoms with Gasteiger partial charge in [-0.3, -0.25) is 14.7 Å². The molecule has 1 unspecified atom stereocenters. The number of hydrogen-bond acceptors (Lipinski definition) is 5. The van der Waals surface area contributed by atoms with Gasteiger partial charge in [-0.15, -0.1) is 0 Å². The van der Waals surface area contributed by atoms with Gasteiger partial charge in [0.2, 0.25) is 0 Å². The van der Waals surface area contributed by atoms with E-state index in [0.717, 1.165) is 11.0 Å². The van der Waals surface area contributed by atoms with Crippen molar-refractivity contribution in [1.82, 2.24) is 4.98 Å². The lowest BCUT2D eigenvalue weighted by Crippen LogP contribution is -2.49. The molecule has 0 saturated heterocycles. The number of nitrogens with zero attached hydrogens (tertiary/aromatic N) is 2. The Morgan fingerprint density at radius 1 is 1.00 bits per heavy atom. The van der Waals surface area contributed by atoms with Crippen LogP contribution in [0.1, 0.15) is 27.0 Å². The number of amides is 1. The van der Waals surface area contributed by atoms with E-state index in [1.165, 1.54) is 42.7 Å². The summed E-state index contributed by atoms with van der Waals surface area (Å²) in [5, 5.41) is 10.4. The molecule has 5 rings (SSSR count). The van der Waals surface area contributed by atoms with E-state index in [2.05, 4.69) is 4.98 Å². The molecule has 0 radical (unpaired) electrons. The highest BCUT2D eigenvalue weighted by Gasteiger charge is 2.67. The molecule has 3 aromatic rings. The van der Waals surface area contributed by atoms with Crippen LogP contribution in [0.4, 0.5) is 24.5 Å². The Morgan fingerprint density at radius 2 is 1.69 bits per heavy atom. The monoisotopic (exact) mass is 438 g/mol. The lowest BCUT2D eigenvalue weighted by atomic mass is 9.95. The average molecular weight is 438 g/mol. The molecule has 160 valence electrons. The predicted octanol–water partition coefficient (Wildman–Crippen LogP) is 4.18. The number of para-hydroxylation sites is 1. The topological polar surface area (TPSA) is 79.7 Å². The molecular weight excluding hydrogens is 425 g/mol. The summed E-state index contributed by atoms with van der Waals surface area (Å²) in [4.78, 5) is 29.7. The normalized spacial score (nSPS) is 21.0. The van der Waals surface area contributed by atoms with Crippen molar-refractivity contribution < 1.29 is 32.6 Å². The van der Waals surface area contributed by atoms with Gasteiger partial charge in [0.15, 0.2) is 0 Å². The molecule has 1 amide bonds. The van der Waals surface area contributed by atoms with Crippen LogP contribution >= 0.6 is 0 Å². The van der Waals surface area contributed by atoms with E-state index in [1.807, 2.05) is 0 Å². The zero-order valence-electron chi connectivity index (χ0n) is 16.1. The van der Waals surface area contributed by atoms with Crippen molar-refractivity contribution in [2.24, 2.45) is 0 Å². The zero-order chi connectivity index (χ0) is 22.7. The lowest BCUT2D eigenvalue weighted by molar-refractivity contribution is -0.253. The van der Waals surface area contributed by atoms with Gasteiger partial charge in [0, 0.05) is 17.3 Å². The van der Waals surface area contributed by atoms with Crippen LogP contribution in [0.25, 0.3) is 11.8 Å². The Morgan fingerprint density at radius 3 is 2.44 bits per heavy atom. The van der Waals surface area contributed by atoms with E-state index in [1.54, 1.807) is 24.3 Å². The van der Waals surface area contributed by atoms with Crippen LogP contribution in [0.5, 0.6) is 0 Å². The molecular formula is C23H13F3N2O4. The molecule has 3 heterocycles. The minimum atomic E-state index is -5.22. The van der Waals surface area contributed by atoms with Crippen LogP contribution in [0.15, 0.2) is 67.0 Å². The molecule has 2 aliphatic heterocycles. The number of fused-ring (bicyclic) bond motifs is 2. The number of carbonyl (C=O) groups is 2. The minimum Gasteiger partial charge on any atom is -0.422 e. The number of carbonyl (C=O) groups excluding carboxylic acids is 2. The minimum absolute atomic E-state index is 0.0228. The quantitative estimate of drug-likeness (QED) is 0.608. The first-order chi connectivity index (χ1) is 15.2. The van der Waals surface area contributed by atoms with Crippen LogP contribution in [-0.4, -0.2) is 28.1 Å². The number of alkyl halides is 3. The largest absolute Gasteiger partial charge is 0.430 e. The summed E-state index contributed by atoms with van der Waals surface area (Å²) in [6, 6.07) is 13.3. The van der Waals surface area contributed by atoms with Crippen molar-refractivity contribution in [2.45, 2.75) is 11.8 Å². The van der Waals surface area contributed by atoms with Crippen molar-refractivity contribution in [3.05, 3.63) is 89.2 Å². The van der Waals surface area contributed by atoms with Crippen LogP contribution < -0.4 is 4.90 Å². The third-order valence-corrected chi connectivity index (χ3v) is 5.37. The van der Waals surface area contributed by atoms with Crippen molar-refractivity contribution in [3.63, 3.8) is 0 Å². The average Bonchev–Trinajstić information content (AvgIpc) is 3.21. The third kappa shape index (κ3) is 2.75. The Hall–Kier alpha value is -3.98. The summed E-state index contributed by atoms with van der Waals surface area (Å²) in [7, 11) is 0. The Kier molecular flexibility index (Phi) is 4.22. The maximum Gasteiger partial charge on any atom is 0.430 e. The van der Waals surface area contributed by atoms with Crippen molar-refractivity contribution in [1.29, 1.82) is 0 Å². The fraction of sp³-hybridized carbons (Fsp3) is 0.0870. The van der Waals surface area contributed by atoms with Gasteiger partial charge in [-0.2, -0.15) is 13.2 Å². The van der Waals surface area contributed by atoms with Gasteiger partial charge in [-0.05, 0) is 29.8 Å². The standard InChI is InChI=1S/C23H13F3N2O4/c24-23(25,26)22(31)17-7-3-4-8-18(17)28(21(22)30)14-9-13(11-27-12-14)10-19-15-5-1-2-6-16(15)20(29)32-19/h1-12,31H. The number of halogens is 3. The first kappa shape index (κ1) is 20.0. The Labute approximate surface area is 179 Å². The van der Waals surface area contributed by atoms with Gasteiger partial charge in [-0.25, -0.2) is 4.79 Å². The van der Waals surface area contributed by atoms with E-state index in [0.29, 0.717) is 16.7 Å². The molecule has 0 aliphatic carbocycles. The Balaban J connectivity index is 1.59. The highest BCUT2D eigenvalue weighted by atomic mass is 19.4. The van der Waals surface area contributed by atoms with Crippen LogP contribution in [0, 0.1) is 0 Å². The number of aromatic nitrogens is 1. The number of cyclic esters (lactones) is 1. The van der Waals surface area contributed by atoms with E-state index >= 15 is 0 Å². The summed E-state index contributed by atoms with van der Waals surface area (Å²) >= 11 is 0. The van der Waals surface area contributed by atoms with Gasteiger partial charge in [0.05, 0.1) is 23.1 Å². The van der Waals surface area contributed by atoms with E-state index in [4.69, 9.17) is 4.74 Å². The van der Waals surface area contributed by atoms with Gasteiger partial charge < -0.3 is 9.84 Å². The molecule has 2 aromatic carbocycles. The third-order valence-electron chi connectivity index (χ3n) is 5.37. The molecule has 1 atom stereocenters. The second kappa shape index (κ2) is 6.76. The van der Waals surface area contributed by atoms with Gasteiger partial charge in [0.1, 0.15) is 5.76 Å². The molecule has 6 nitrogen and oxygen atoms in total. The number of ether oxygens (including phenoxy) is 1. The van der Waals surface area contributed by atoms with E-state index < -0.39 is 29.2 Å². The number of benzene rings is 2. The first-order valence-corrected chi connectivity index (χ1v) is 9.43. The Bertz CT molecular complexity index is 1320. The molecule has 0 spiro atoms. The van der Waals surface area contributed by atoms with E-state index in [9.17, 15) is 27.9 Å². The molecule has 2 aliphatic rings. The van der Waals surface area contributed by atoms with Crippen molar-refractivity contribution in [3.8, 4) is 0 Å². The van der Waals surface area contributed by atoms with Crippen molar-refractivity contribution in [2.75, 3.05) is 4.90 Å². The van der Waals surface area contributed by atoms with Crippen LogP contribution in [0.3, 0.4) is 0 Å². The summed E-state index contributed by atoms with van der Waals surface area (Å²) in [6.07, 6.45) is -1.09. The molecule has 0 fully saturated rings. The molecule has 1 aromatic heterocycles. The molecule has 0 saturated carbocycles. The zero-order valence-corrected chi connectivity index (χ0v) is 16.1. The fourth-order valence-electron chi connectivity index (χ4n) is 3.88. The summed E-state index contributed by atoms with van der Waals surface area (Å²) < 4.78 is 46.4. The number of anilines is 2. The highest BCUT2D eigenvalue weighted by molar-refractivity contribution is 6.12. The maximum absolute atomic E-state index is 13.7. The summed E-state index contributed by atoms with van der Waals surface area (Å²) in [5.74, 6) is -1.81. The number of esters is 1. The second-order valence-corrected chi connectivity index (χ2v) is 7.29. The molecule has 1 N–H and O–H groups in total. The SMILES string of the molecule is O=C1OC(=Cc2cncc(N3C(=O)C(O)(C(F)(F)F)c4ccccc43)c2)c2ccccc21. The van der Waals surface area contributed by atoms with Crippen LogP contribution in [-0.2, 0) is 15.1 Å². The van der Waals surface area contributed by atoms with Gasteiger partial charge in [-0.1, -0.05) is 36.4 Å². The molecule has 9 heteroatoms. The number of aliphatic hydroxyl groups is 1. The smallest absolute Gasteiger partial charge is 0.422 e. The fourth-order valence-corrected chi connectivity index (χ4v) is 3.88.